The van der Waals surface area contributed by atoms with E-state index in [9.17, 15) is 0 Å². The van der Waals surface area contributed by atoms with Gasteiger partial charge in [0.15, 0.2) is 5.82 Å². The molecule has 0 N–H and O–H groups in total. The molecule has 2 heterocycles. The Morgan fingerprint density at radius 2 is 1.86 bits per heavy atom. The van der Waals surface area contributed by atoms with Crippen molar-refractivity contribution in [3.8, 4) is 5.82 Å². The van der Waals surface area contributed by atoms with E-state index in [-0.39, 0.29) is 0 Å². The van der Waals surface area contributed by atoms with Crippen LogP contribution in [0.15, 0.2) is 53.8 Å². The zero-order valence-electron chi connectivity index (χ0n) is 12.0. The van der Waals surface area contributed by atoms with Gasteiger partial charge in [-0.1, -0.05) is 30.3 Å². The largest absolute Gasteiger partial charge is 0.230 e. The van der Waals surface area contributed by atoms with Gasteiger partial charge in [0.25, 0.3) is 0 Å². The summed E-state index contributed by atoms with van der Waals surface area (Å²) in [6.45, 7) is 4.01. The fourth-order valence-electron chi connectivity index (χ4n) is 2.12. The number of aromatic nitrogens is 4. The number of hydrogen-bond acceptors (Lipinski definition) is 4. The highest BCUT2D eigenvalue weighted by Gasteiger charge is 2.07. The summed E-state index contributed by atoms with van der Waals surface area (Å²) >= 11 is 1.70. The van der Waals surface area contributed by atoms with Crippen LogP contribution in [0.5, 0.6) is 0 Å². The Kier molecular flexibility index (Phi) is 4.01. The van der Waals surface area contributed by atoms with E-state index >= 15 is 0 Å². The molecule has 0 aliphatic heterocycles. The lowest BCUT2D eigenvalue weighted by Gasteiger charge is -2.05. The van der Waals surface area contributed by atoms with Crippen LogP contribution in [0.2, 0.25) is 0 Å². The van der Waals surface area contributed by atoms with E-state index < -0.39 is 0 Å². The first kappa shape index (κ1) is 13.8. The standard InChI is InChI=1S/C16H16N4S/c1-12-8-13(2)20(19-12)15-9-16(18-11-17-15)21-10-14-6-4-3-5-7-14/h3-9,11H,10H2,1-2H3. The molecule has 0 bridgehead atoms. The predicted octanol–water partition coefficient (Wildman–Crippen LogP) is 3.57. The van der Waals surface area contributed by atoms with Crippen molar-refractivity contribution < 1.29 is 0 Å². The number of hydrogen-bond donors (Lipinski definition) is 0. The van der Waals surface area contributed by atoms with Gasteiger partial charge >= 0.3 is 0 Å². The smallest absolute Gasteiger partial charge is 0.158 e. The maximum absolute atomic E-state index is 4.46. The molecular formula is C16H16N4S. The van der Waals surface area contributed by atoms with E-state index in [4.69, 9.17) is 0 Å². The number of aryl methyl sites for hydroxylation is 2. The third-order valence-electron chi connectivity index (χ3n) is 3.08. The van der Waals surface area contributed by atoms with Gasteiger partial charge in [-0.25, -0.2) is 14.6 Å². The summed E-state index contributed by atoms with van der Waals surface area (Å²) in [7, 11) is 0. The van der Waals surface area contributed by atoms with Crippen molar-refractivity contribution in [1.29, 1.82) is 0 Å². The molecule has 0 unspecified atom stereocenters. The minimum atomic E-state index is 0.811. The Hall–Kier alpha value is -2.14. The van der Waals surface area contributed by atoms with Gasteiger partial charge in [-0.05, 0) is 25.5 Å². The lowest BCUT2D eigenvalue weighted by atomic mass is 10.2. The summed E-state index contributed by atoms with van der Waals surface area (Å²) in [5.74, 6) is 1.71. The molecule has 0 saturated heterocycles. The van der Waals surface area contributed by atoms with Crippen LogP contribution >= 0.6 is 11.8 Å². The first-order valence-electron chi connectivity index (χ1n) is 6.75. The minimum Gasteiger partial charge on any atom is -0.230 e. The van der Waals surface area contributed by atoms with Gasteiger partial charge in [0.2, 0.25) is 0 Å². The molecule has 0 aliphatic rings. The van der Waals surface area contributed by atoms with Gasteiger partial charge in [0.05, 0.1) is 5.69 Å². The van der Waals surface area contributed by atoms with Crippen LogP contribution in [0.4, 0.5) is 0 Å². The fraction of sp³-hybridized carbons (Fsp3) is 0.188. The molecule has 0 saturated carbocycles. The summed E-state index contributed by atoms with van der Waals surface area (Å²) in [4.78, 5) is 8.64. The van der Waals surface area contributed by atoms with Crippen LogP contribution in [0.1, 0.15) is 17.0 Å². The normalized spacial score (nSPS) is 10.8. The van der Waals surface area contributed by atoms with Crippen molar-refractivity contribution in [2.75, 3.05) is 0 Å². The van der Waals surface area contributed by atoms with Gasteiger partial charge < -0.3 is 0 Å². The van der Waals surface area contributed by atoms with Crippen molar-refractivity contribution in [3.05, 3.63) is 65.7 Å². The van der Waals surface area contributed by atoms with E-state index in [1.165, 1.54) is 5.56 Å². The van der Waals surface area contributed by atoms with E-state index in [1.807, 2.05) is 36.7 Å². The predicted molar refractivity (Wildman–Crippen MR) is 84.6 cm³/mol. The summed E-state index contributed by atoms with van der Waals surface area (Å²) < 4.78 is 1.85. The first-order valence-corrected chi connectivity index (χ1v) is 7.73. The van der Waals surface area contributed by atoms with E-state index in [0.29, 0.717) is 0 Å². The molecule has 21 heavy (non-hydrogen) atoms. The lowest BCUT2D eigenvalue weighted by molar-refractivity contribution is 0.791. The Balaban J connectivity index is 1.79. The molecule has 0 amide bonds. The van der Waals surface area contributed by atoms with Gasteiger partial charge in [-0.2, -0.15) is 5.10 Å². The second-order valence-electron chi connectivity index (χ2n) is 4.83. The van der Waals surface area contributed by atoms with Crippen LogP contribution in [0.25, 0.3) is 5.82 Å². The van der Waals surface area contributed by atoms with Crippen molar-refractivity contribution >= 4 is 11.8 Å². The van der Waals surface area contributed by atoms with Crippen LogP contribution in [-0.2, 0) is 5.75 Å². The van der Waals surface area contributed by atoms with Crippen molar-refractivity contribution in [1.82, 2.24) is 19.7 Å². The second-order valence-corrected chi connectivity index (χ2v) is 5.82. The molecule has 3 rings (SSSR count). The summed E-state index contributed by atoms with van der Waals surface area (Å²) in [6, 6.07) is 14.4. The Morgan fingerprint density at radius 1 is 1.05 bits per heavy atom. The summed E-state index contributed by atoms with van der Waals surface area (Å²) in [6.07, 6.45) is 1.60. The number of rotatable bonds is 4. The Labute approximate surface area is 128 Å². The molecule has 3 aromatic rings. The second kappa shape index (κ2) is 6.10. The molecule has 1 aromatic carbocycles. The lowest BCUT2D eigenvalue weighted by Crippen LogP contribution is -2.02. The first-order chi connectivity index (χ1) is 10.2. The minimum absolute atomic E-state index is 0.811. The molecule has 0 spiro atoms. The van der Waals surface area contributed by atoms with Crippen LogP contribution < -0.4 is 0 Å². The Morgan fingerprint density at radius 3 is 2.57 bits per heavy atom. The maximum Gasteiger partial charge on any atom is 0.158 e. The zero-order valence-corrected chi connectivity index (χ0v) is 12.8. The van der Waals surface area contributed by atoms with Crippen LogP contribution in [0.3, 0.4) is 0 Å². The van der Waals surface area contributed by atoms with Crippen molar-refractivity contribution in [2.45, 2.75) is 24.6 Å². The summed E-state index contributed by atoms with van der Waals surface area (Å²) in [5, 5.41) is 5.41. The van der Waals surface area contributed by atoms with E-state index in [0.717, 1.165) is 28.0 Å². The van der Waals surface area contributed by atoms with Gasteiger partial charge in [-0.15, -0.1) is 11.8 Å². The highest BCUT2D eigenvalue weighted by Crippen LogP contribution is 2.22. The van der Waals surface area contributed by atoms with Crippen LogP contribution in [0, 0.1) is 13.8 Å². The number of thioether (sulfide) groups is 1. The van der Waals surface area contributed by atoms with Gasteiger partial charge in [-0.3, -0.25) is 0 Å². The number of nitrogens with zero attached hydrogens (tertiary/aromatic N) is 4. The zero-order chi connectivity index (χ0) is 14.7. The molecule has 5 heteroatoms. The third kappa shape index (κ3) is 3.31. The molecule has 4 nitrogen and oxygen atoms in total. The Bertz CT molecular complexity index is 737. The highest BCUT2D eigenvalue weighted by atomic mass is 32.2. The molecule has 0 aliphatic carbocycles. The SMILES string of the molecule is Cc1cc(C)n(-c2cc(SCc3ccccc3)ncn2)n1. The third-order valence-corrected chi connectivity index (χ3v) is 4.08. The van der Waals surface area contributed by atoms with Crippen LogP contribution in [-0.4, -0.2) is 19.7 Å². The number of benzene rings is 1. The highest BCUT2D eigenvalue weighted by molar-refractivity contribution is 7.98. The van der Waals surface area contributed by atoms with Gasteiger partial charge in [0, 0.05) is 17.5 Å². The average Bonchev–Trinajstić information content (AvgIpc) is 2.85. The maximum atomic E-state index is 4.46. The quantitative estimate of drug-likeness (QED) is 0.545. The van der Waals surface area contributed by atoms with Crippen molar-refractivity contribution in [2.24, 2.45) is 0 Å². The van der Waals surface area contributed by atoms with Crippen molar-refractivity contribution in [3.63, 3.8) is 0 Å². The van der Waals surface area contributed by atoms with Gasteiger partial charge in [0.1, 0.15) is 11.4 Å². The molecular weight excluding hydrogens is 280 g/mol. The topological polar surface area (TPSA) is 43.6 Å². The molecule has 0 fully saturated rings. The molecule has 0 radical (unpaired) electrons. The average molecular weight is 296 g/mol. The molecule has 106 valence electrons. The fourth-order valence-corrected chi connectivity index (χ4v) is 2.93. The molecule has 0 atom stereocenters. The monoisotopic (exact) mass is 296 g/mol. The van der Waals surface area contributed by atoms with E-state index in [1.54, 1.807) is 18.1 Å². The molecule has 2 aromatic heterocycles. The summed E-state index contributed by atoms with van der Waals surface area (Å²) in [5.41, 5.74) is 3.35. The van der Waals surface area contributed by atoms with E-state index in [2.05, 4.69) is 39.3 Å².